The Morgan fingerprint density at radius 2 is 2.10 bits per heavy atom. The number of nitrogens with zero attached hydrogens (tertiary/aromatic N) is 2. The summed E-state index contributed by atoms with van der Waals surface area (Å²) in [5.41, 5.74) is 0.675. The topological polar surface area (TPSA) is 54.5 Å². The number of nitrogens with one attached hydrogen (secondary N) is 1. The van der Waals surface area contributed by atoms with Crippen LogP contribution in [0.4, 0.5) is 10.5 Å². The molecule has 5 heteroatoms. The molecule has 0 aliphatic heterocycles. The van der Waals surface area contributed by atoms with Crippen LogP contribution >= 0.6 is 0 Å². The predicted octanol–water partition coefficient (Wildman–Crippen LogP) is 3.13. The molecule has 110 valence electrons. The van der Waals surface area contributed by atoms with Crippen molar-refractivity contribution in [1.82, 2.24) is 9.88 Å². The number of pyridine rings is 1. The molecule has 0 unspecified atom stereocenters. The van der Waals surface area contributed by atoms with Crippen molar-refractivity contribution in [1.29, 1.82) is 0 Å². The maximum atomic E-state index is 11.5. The molecule has 0 aromatic carbocycles. The van der Waals surface area contributed by atoms with Crippen LogP contribution in [-0.2, 0) is 0 Å². The van der Waals surface area contributed by atoms with Crippen LogP contribution in [0.1, 0.15) is 32.1 Å². The van der Waals surface area contributed by atoms with Crippen LogP contribution in [0.2, 0.25) is 0 Å². The van der Waals surface area contributed by atoms with E-state index in [0.717, 1.165) is 6.61 Å². The number of carbonyl (C=O) groups is 1. The van der Waals surface area contributed by atoms with Gasteiger partial charge in [0, 0.05) is 20.2 Å². The lowest BCUT2D eigenvalue weighted by molar-refractivity contribution is 0.203. The molecule has 0 radical (unpaired) electrons. The monoisotopic (exact) mass is 277 g/mol. The van der Waals surface area contributed by atoms with Gasteiger partial charge < -0.3 is 15.0 Å². The lowest BCUT2D eigenvalue weighted by Crippen LogP contribution is -2.27. The van der Waals surface area contributed by atoms with Gasteiger partial charge >= 0.3 is 6.03 Å². The van der Waals surface area contributed by atoms with Gasteiger partial charge in [0.2, 0.25) is 5.88 Å². The zero-order chi connectivity index (χ0) is 14.4. The van der Waals surface area contributed by atoms with Gasteiger partial charge in [-0.3, -0.25) is 0 Å². The lowest BCUT2D eigenvalue weighted by atomic mass is 9.90. The average molecular weight is 277 g/mol. The van der Waals surface area contributed by atoms with Gasteiger partial charge in [0.05, 0.1) is 18.5 Å². The summed E-state index contributed by atoms with van der Waals surface area (Å²) in [6.45, 7) is 0.746. The molecule has 1 aromatic heterocycles. The molecule has 0 spiro atoms. The van der Waals surface area contributed by atoms with Crippen molar-refractivity contribution < 1.29 is 9.53 Å². The molecule has 20 heavy (non-hydrogen) atoms. The minimum Gasteiger partial charge on any atom is -0.477 e. The quantitative estimate of drug-likeness (QED) is 0.920. The molecule has 2 amide bonds. The molecule has 1 aliphatic carbocycles. The van der Waals surface area contributed by atoms with Crippen LogP contribution < -0.4 is 10.1 Å². The van der Waals surface area contributed by atoms with Crippen molar-refractivity contribution in [2.75, 3.05) is 26.0 Å². The Labute approximate surface area is 120 Å². The molecule has 1 aliphatic rings. The number of ether oxygens (including phenoxy) is 1. The fourth-order valence-electron chi connectivity index (χ4n) is 2.33. The Kier molecular flexibility index (Phi) is 5.21. The van der Waals surface area contributed by atoms with Gasteiger partial charge in [0.25, 0.3) is 0 Å². The molecule has 1 saturated carbocycles. The first-order valence-electron chi connectivity index (χ1n) is 7.22. The highest BCUT2D eigenvalue weighted by atomic mass is 16.5. The van der Waals surface area contributed by atoms with Crippen molar-refractivity contribution in [2.24, 2.45) is 5.92 Å². The second-order valence-corrected chi connectivity index (χ2v) is 5.52. The van der Waals surface area contributed by atoms with E-state index in [2.05, 4.69) is 10.3 Å². The van der Waals surface area contributed by atoms with Gasteiger partial charge in [-0.1, -0.05) is 19.3 Å². The fraction of sp³-hybridized carbons (Fsp3) is 0.600. The van der Waals surface area contributed by atoms with Crippen LogP contribution in [0, 0.1) is 5.92 Å². The smallest absolute Gasteiger partial charge is 0.321 e. The van der Waals surface area contributed by atoms with E-state index in [-0.39, 0.29) is 6.03 Å². The van der Waals surface area contributed by atoms with E-state index in [9.17, 15) is 4.79 Å². The molecule has 0 bridgehead atoms. The summed E-state index contributed by atoms with van der Waals surface area (Å²) in [4.78, 5) is 17.2. The summed E-state index contributed by atoms with van der Waals surface area (Å²) in [5, 5.41) is 2.74. The number of hydrogen-bond acceptors (Lipinski definition) is 3. The third-order valence-corrected chi connectivity index (χ3v) is 3.59. The summed E-state index contributed by atoms with van der Waals surface area (Å²) in [5.74, 6) is 1.29. The largest absolute Gasteiger partial charge is 0.477 e. The van der Waals surface area contributed by atoms with Gasteiger partial charge in [0.15, 0.2) is 0 Å². The Balaban J connectivity index is 1.80. The van der Waals surface area contributed by atoms with Crippen LogP contribution in [-0.4, -0.2) is 36.6 Å². The maximum Gasteiger partial charge on any atom is 0.321 e. The zero-order valence-corrected chi connectivity index (χ0v) is 12.3. The first kappa shape index (κ1) is 14.6. The van der Waals surface area contributed by atoms with Crippen molar-refractivity contribution in [3.8, 4) is 5.88 Å². The molecule has 0 atom stereocenters. The Bertz CT molecular complexity index is 425. The van der Waals surface area contributed by atoms with E-state index in [0.29, 0.717) is 17.5 Å². The third kappa shape index (κ3) is 4.40. The van der Waals surface area contributed by atoms with E-state index in [1.165, 1.54) is 37.0 Å². The Morgan fingerprint density at radius 1 is 1.35 bits per heavy atom. The van der Waals surface area contributed by atoms with E-state index < -0.39 is 0 Å². The minimum atomic E-state index is -0.164. The molecular formula is C15H23N3O2. The number of anilines is 1. The third-order valence-electron chi connectivity index (χ3n) is 3.59. The first-order valence-corrected chi connectivity index (χ1v) is 7.22. The fourth-order valence-corrected chi connectivity index (χ4v) is 2.33. The van der Waals surface area contributed by atoms with Crippen LogP contribution in [0.3, 0.4) is 0 Å². The number of aromatic nitrogens is 1. The average Bonchev–Trinajstić information content (AvgIpc) is 2.47. The van der Waals surface area contributed by atoms with E-state index in [4.69, 9.17) is 4.74 Å². The number of hydrogen-bond donors (Lipinski definition) is 1. The number of rotatable bonds is 4. The van der Waals surface area contributed by atoms with E-state index in [1.54, 1.807) is 26.4 Å². The van der Waals surface area contributed by atoms with Crippen LogP contribution in [0.5, 0.6) is 5.88 Å². The number of urea groups is 1. The molecule has 1 N–H and O–H groups in total. The highest BCUT2D eigenvalue weighted by Crippen LogP contribution is 2.24. The standard InChI is InChI=1S/C15H23N3O2/c1-18(2)15(19)17-13-8-9-14(16-10-13)20-11-12-6-4-3-5-7-12/h8-10,12H,3-7,11H2,1-2H3,(H,17,19). The summed E-state index contributed by atoms with van der Waals surface area (Å²) in [7, 11) is 3.40. The van der Waals surface area contributed by atoms with Gasteiger partial charge in [-0.15, -0.1) is 0 Å². The molecule has 5 nitrogen and oxygen atoms in total. The summed E-state index contributed by atoms with van der Waals surface area (Å²) in [6.07, 6.45) is 8.13. The predicted molar refractivity (Wildman–Crippen MR) is 79.0 cm³/mol. The second-order valence-electron chi connectivity index (χ2n) is 5.52. The van der Waals surface area contributed by atoms with Crippen molar-refractivity contribution in [2.45, 2.75) is 32.1 Å². The molecule has 1 fully saturated rings. The van der Waals surface area contributed by atoms with Crippen molar-refractivity contribution in [3.05, 3.63) is 18.3 Å². The Hall–Kier alpha value is -1.78. The summed E-state index contributed by atoms with van der Waals surface area (Å²) < 4.78 is 5.72. The SMILES string of the molecule is CN(C)C(=O)Nc1ccc(OCC2CCCCC2)nc1. The molecular weight excluding hydrogens is 254 g/mol. The second kappa shape index (κ2) is 7.12. The van der Waals surface area contributed by atoms with Gasteiger partial charge in [0.1, 0.15) is 0 Å². The lowest BCUT2D eigenvalue weighted by Gasteiger charge is -2.21. The van der Waals surface area contributed by atoms with Crippen molar-refractivity contribution in [3.63, 3.8) is 0 Å². The number of carbonyl (C=O) groups excluding carboxylic acids is 1. The summed E-state index contributed by atoms with van der Waals surface area (Å²) >= 11 is 0. The first-order chi connectivity index (χ1) is 9.65. The van der Waals surface area contributed by atoms with Crippen molar-refractivity contribution >= 4 is 11.7 Å². The molecule has 0 saturated heterocycles. The van der Waals surface area contributed by atoms with E-state index >= 15 is 0 Å². The van der Waals surface area contributed by atoms with Crippen LogP contribution in [0.25, 0.3) is 0 Å². The zero-order valence-electron chi connectivity index (χ0n) is 12.3. The normalized spacial score (nSPS) is 15.7. The van der Waals surface area contributed by atoms with Gasteiger partial charge in [-0.05, 0) is 24.8 Å². The van der Waals surface area contributed by atoms with E-state index in [1.807, 2.05) is 6.07 Å². The number of amides is 2. The summed E-state index contributed by atoms with van der Waals surface area (Å²) in [6, 6.07) is 3.45. The molecule has 1 heterocycles. The highest BCUT2D eigenvalue weighted by molar-refractivity contribution is 5.88. The molecule has 2 rings (SSSR count). The minimum absolute atomic E-state index is 0.164. The van der Waals surface area contributed by atoms with Gasteiger partial charge in [-0.2, -0.15) is 0 Å². The highest BCUT2D eigenvalue weighted by Gasteiger charge is 2.14. The Morgan fingerprint density at radius 3 is 2.70 bits per heavy atom. The van der Waals surface area contributed by atoms with Gasteiger partial charge in [-0.25, -0.2) is 9.78 Å². The maximum absolute atomic E-state index is 11.5. The molecule has 1 aromatic rings. The van der Waals surface area contributed by atoms with Crippen LogP contribution in [0.15, 0.2) is 18.3 Å².